The first-order chi connectivity index (χ1) is 8.65. The van der Waals surface area contributed by atoms with Crippen LogP contribution in [0.4, 0.5) is 0 Å². The predicted molar refractivity (Wildman–Crippen MR) is 74.7 cm³/mol. The minimum Gasteiger partial charge on any atom is -0.497 e. The first-order valence-electron chi connectivity index (χ1n) is 5.44. The number of rotatable bonds is 2. The van der Waals surface area contributed by atoms with E-state index in [0.717, 1.165) is 16.5 Å². The molecule has 1 aromatic rings. The lowest BCUT2D eigenvalue weighted by atomic mass is 10.2. The molecule has 0 aromatic heterocycles. The van der Waals surface area contributed by atoms with E-state index in [1.165, 1.54) is 11.8 Å². The van der Waals surface area contributed by atoms with Gasteiger partial charge in [-0.15, -0.1) is 0 Å². The molecule has 0 spiro atoms. The number of carbonyl (C=O) groups excluding carboxylic acids is 1. The molecule has 1 aliphatic heterocycles. The molecule has 0 saturated carbocycles. The monoisotopic (exact) mass is 262 g/mol. The molecule has 2 rings (SSSR count). The quantitative estimate of drug-likeness (QED) is 0.767. The second-order valence-corrected chi connectivity index (χ2v) is 4.76. The van der Waals surface area contributed by atoms with Crippen LogP contribution in [0.3, 0.4) is 0 Å². The van der Waals surface area contributed by atoms with Crippen LogP contribution in [0.1, 0.15) is 5.56 Å². The molecule has 1 aliphatic rings. The Balaban J connectivity index is 2.26. The summed E-state index contributed by atoms with van der Waals surface area (Å²) < 4.78 is 5.09. The topological polar surface area (TPSA) is 41.9 Å². The number of benzene rings is 1. The zero-order valence-electron chi connectivity index (χ0n) is 10.5. The van der Waals surface area contributed by atoms with Gasteiger partial charge in [0.25, 0.3) is 5.91 Å². The lowest BCUT2D eigenvalue weighted by Crippen LogP contribution is -2.23. The molecule has 1 fully saturated rings. The van der Waals surface area contributed by atoms with Crippen LogP contribution in [-0.4, -0.2) is 37.2 Å². The zero-order valence-corrected chi connectivity index (χ0v) is 11.3. The van der Waals surface area contributed by atoms with Crippen molar-refractivity contribution in [1.82, 2.24) is 4.90 Å². The van der Waals surface area contributed by atoms with Crippen molar-refractivity contribution in [3.05, 3.63) is 34.7 Å². The second kappa shape index (κ2) is 5.27. The predicted octanol–water partition coefficient (Wildman–Crippen LogP) is 2.23. The molecule has 0 bridgehead atoms. The van der Waals surface area contributed by atoms with Gasteiger partial charge in [0.2, 0.25) is 0 Å². The number of thioether (sulfide) groups is 1. The number of carbonyl (C=O) groups is 1. The van der Waals surface area contributed by atoms with Gasteiger partial charge in [-0.3, -0.25) is 14.7 Å². The van der Waals surface area contributed by atoms with E-state index in [1.54, 1.807) is 26.1 Å². The molecule has 0 unspecified atom stereocenters. The maximum Gasteiger partial charge on any atom is 0.266 e. The number of ether oxygens (including phenoxy) is 1. The highest BCUT2D eigenvalue weighted by molar-refractivity contribution is 8.18. The SMILES string of the molecule is CN=C1S/C(=C/c2ccc(OC)cc2)C(=O)N1C. The van der Waals surface area contributed by atoms with E-state index in [9.17, 15) is 4.79 Å². The average molecular weight is 262 g/mol. The largest absolute Gasteiger partial charge is 0.497 e. The second-order valence-electron chi connectivity index (χ2n) is 3.75. The van der Waals surface area contributed by atoms with Gasteiger partial charge >= 0.3 is 0 Å². The molecule has 1 aromatic carbocycles. The van der Waals surface area contributed by atoms with E-state index < -0.39 is 0 Å². The number of aliphatic imine (C=N–C) groups is 1. The summed E-state index contributed by atoms with van der Waals surface area (Å²) in [4.78, 5) is 18.2. The van der Waals surface area contributed by atoms with E-state index in [-0.39, 0.29) is 5.91 Å². The molecule has 0 atom stereocenters. The first kappa shape index (κ1) is 12.7. The molecule has 1 amide bonds. The minimum absolute atomic E-state index is 0.0172. The lowest BCUT2D eigenvalue weighted by molar-refractivity contribution is -0.121. The van der Waals surface area contributed by atoms with Gasteiger partial charge in [-0.2, -0.15) is 0 Å². The van der Waals surface area contributed by atoms with Crippen LogP contribution in [0.25, 0.3) is 6.08 Å². The molecule has 0 radical (unpaired) electrons. The van der Waals surface area contributed by atoms with Crippen molar-refractivity contribution >= 4 is 28.9 Å². The molecule has 1 saturated heterocycles. The third-order valence-corrected chi connectivity index (χ3v) is 3.76. The van der Waals surface area contributed by atoms with Crippen molar-refractivity contribution in [1.29, 1.82) is 0 Å². The highest BCUT2D eigenvalue weighted by atomic mass is 32.2. The van der Waals surface area contributed by atoms with Gasteiger partial charge in [-0.25, -0.2) is 0 Å². The third kappa shape index (κ3) is 2.41. The Labute approximate surface area is 110 Å². The zero-order chi connectivity index (χ0) is 13.1. The Bertz CT molecular complexity index is 520. The number of methoxy groups -OCH3 is 1. The van der Waals surface area contributed by atoms with Crippen LogP contribution >= 0.6 is 11.8 Å². The van der Waals surface area contributed by atoms with E-state index >= 15 is 0 Å². The average Bonchev–Trinajstić information content (AvgIpc) is 2.67. The van der Waals surface area contributed by atoms with Crippen LogP contribution < -0.4 is 4.74 Å². The van der Waals surface area contributed by atoms with E-state index in [4.69, 9.17) is 4.74 Å². The number of likely N-dealkylation sites (N-methyl/N-ethyl adjacent to an activating group) is 1. The van der Waals surface area contributed by atoms with Crippen LogP contribution in [0, 0.1) is 0 Å². The van der Waals surface area contributed by atoms with E-state index in [1.807, 2.05) is 30.3 Å². The molecule has 0 N–H and O–H groups in total. The smallest absolute Gasteiger partial charge is 0.266 e. The summed E-state index contributed by atoms with van der Waals surface area (Å²) in [5.74, 6) is 0.784. The van der Waals surface area contributed by atoms with Crippen molar-refractivity contribution in [2.45, 2.75) is 0 Å². The molecule has 94 valence electrons. The van der Waals surface area contributed by atoms with Crippen LogP contribution in [-0.2, 0) is 4.79 Å². The fourth-order valence-electron chi connectivity index (χ4n) is 1.60. The molecule has 1 heterocycles. The van der Waals surface area contributed by atoms with Crippen LogP contribution in [0.5, 0.6) is 5.75 Å². The van der Waals surface area contributed by atoms with Crippen LogP contribution in [0.15, 0.2) is 34.2 Å². The maximum atomic E-state index is 11.9. The van der Waals surface area contributed by atoms with Gasteiger partial charge in [0.1, 0.15) is 5.75 Å². The molecule has 5 heteroatoms. The third-order valence-electron chi connectivity index (χ3n) is 2.61. The maximum absolute atomic E-state index is 11.9. The summed E-state index contributed by atoms with van der Waals surface area (Å²) in [7, 11) is 5.04. The Kier molecular flexibility index (Phi) is 3.72. The molecular formula is C13H14N2O2S. The lowest BCUT2D eigenvalue weighted by Gasteiger charge is -2.05. The Morgan fingerprint density at radius 1 is 1.33 bits per heavy atom. The molecule has 0 aliphatic carbocycles. The number of nitrogens with zero attached hydrogens (tertiary/aromatic N) is 2. The number of amidine groups is 1. The van der Waals surface area contributed by atoms with Crippen molar-refractivity contribution < 1.29 is 9.53 Å². The number of hydrogen-bond acceptors (Lipinski definition) is 4. The molecular weight excluding hydrogens is 248 g/mol. The van der Waals surface area contributed by atoms with Gasteiger partial charge in [0, 0.05) is 14.1 Å². The summed E-state index contributed by atoms with van der Waals surface area (Å²) in [6.07, 6.45) is 1.86. The fourth-order valence-corrected chi connectivity index (χ4v) is 2.53. The van der Waals surface area contributed by atoms with Gasteiger partial charge in [-0.05, 0) is 35.5 Å². The number of amides is 1. The Morgan fingerprint density at radius 2 is 2.00 bits per heavy atom. The fraction of sp³-hybridized carbons (Fsp3) is 0.231. The Hall–Kier alpha value is -1.75. The first-order valence-corrected chi connectivity index (χ1v) is 6.26. The summed E-state index contributed by atoms with van der Waals surface area (Å²) in [6.45, 7) is 0. The van der Waals surface area contributed by atoms with Gasteiger partial charge < -0.3 is 4.74 Å². The minimum atomic E-state index is -0.0172. The molecule has 4 nitrogen and oxygen atoms in total. The Morgan fingerprint density at radius 3 is 2.50 bits per heavy atom. The summed E-state index contributed by atoms with van der Waals surface area (Å²) in [6, 6.07) is 7.57. The highest BCUT2D eigenvalue weighted by Gasteiger charge is 2.29. The summed E-state index contributed by atoms with van der Waals surface area (Å²) in [5.41, 5.74) is 0.970. The molecule has 18 heavy (non-hydrogen) atoms. The van der Waals surface area contributed by atoms with Crippen molar-refractivity contribution in [2.24, 2.45) is 4.99 Å². The van der Waals surface area contributed by atoms with Gasteiger partial charge in [-0.1, -0.05) is 12.1 Å². The highest BCUT2D eigenvalue weighted by Crippen LogP contribution is 2.31. The van der Waals surface area contributed by atoms with Crippen LogP contribution in [0.2, 0.25) is 0 Å². The number of hydrogen-bond donors (Lipinski definition) is 0. The van der Waals surface area contributed by atoms with E-state index in [0.29, 0.717) is 4.91 Å². The summed E-state index contributed by atoms with van der Waals surface area (Å²) in [5, 5.41) is 0.722. The van der Waals surface area contributed by atoms with Crippen molar-refractivity contribution in [3.8, 4) is 5.75 Å². The van der Waals surface area contributed by atoms with Crippen molar-refractivity contribution in [2.75, 3.05) is 21.2 Å². The van der Waals surface area contributed by atoms with Gasteiger partial charge in [0.05, 0.1) is 12.0 Å². The van der Waals surface area contributed by atoms with Crippen molar-refractivity contribution in [3.63, 3.8) is 0 Å². The standard InChI is InChI=1S/C13H14N2O2S/c1-14-13-15(2)12(16)11(18-13)8-9-4-6-10(17-3)7-5-9/h4-8H,1-3H3/b11-8+,14-13?. The van der Waals surface area contributed by atoms with E-state index in [2.05, 4.69) is 4.99 Å². The summed E-state index contributed by atoms with van der Waals surface area (Å²) >= 11 is 1.39. The normalized spacial score (nSPS) is 19.9. The van der Waals surface area contributed by atoms with Gasteiger partial charge in [0.15, 0.2) is 5.17 Å².